The molecule has 0 radical (unpaired) electrons. The van der Waals surface area contributed by atoms with Gasteiger partial charge in [0.15, 0.2) is 0 Å². The van der Waals surface area contributed by atoms with E-state index < -0.39 is 10.0 Å². The minimum Gasteiger partial charge on any atom is -0.355 e. The zero-order valence-electron chi connectivity index (χ0n) is 15.9. The van der Waals surface area contributed by atoms with Gasteiger partial charge in [0.1, 0.15) is 0 Å². The molecule has 27 heavy (non-hydrogen) atoms. The van der Waals surface area contributed by atoms with Crippen molar-refractivity contribution in [3.8, 4) is 0 Å². The lowest BCUT2D eigenvalue weighted by atomic mass is 9.81. The molecule has 1 aliphatic heterocycles. The molecular formula is C20H31N3O3S. The lowest BCUT2D eigenvalue weighted by Crippen LogP contribution is -2.39. The van der Waals surface area contributed by atoms with Crippen molar-refractivity contribution in [2.24, 2.45) is 11.8 Å². The number of nitrogens with one attached hydrogen (secondary N) is 2. The second-order valence-electron chi connectivity index (χ2n) is 7.72. The maximum absolute atomic E-state index is 12.3. The maximum atomic E-state index is 12.3. The molecule has 7 heteroatoms. The van der Waals surface area contributed by atoms with Crippen molar-refractivity contribution in [3.05, 3.63) is 30.3 Å². The number of hydrogen-bond acceptors (Lipinski definition) is 4. The smallest absolute Gasteiger partial charge is 0.240 e. The van der Waals surface area contributed by atoms with Crippen LogP contribution in [0, 0.1) is 11.8 Å². The zero-order chi connectivity index (χ0) is 19.1. The highest BCUT2D eigenvalue weighted by molar-refractivity contribution is 7.89. The summed E-state index contributed by atoms with van der Waals surface area (Å²) in [6, 6.07) is 8.46. The summed E-state index contributed by atoms with van der Waals surface area (Å²) in [5.74, 6) is 0.542. The Hall–Kier alpha value is -1.44. The minimum atomic E-state index is -3.44. The monoisotopic (exact) mass is 393 g/mol. The molecule has 1 heterocycles. The Morgan fingerprint density at radius 1 is 1.04 bits per heavy atom. The molecule has 6 nitrogen and oxygen atoms in total. The topological polar surface area (TPSA) is 78.5 Å². The summed E-state index contributed by atoms with van der Waals surface area (Å²) in [5.41, 5.74) is 0. The molecular weight excluding hydrogens is 362 g/mol. The highest BCUT2D eigenvalue weighted by Gasteiger charge is 2.27. The molecule has 2 fully saturated rings. The van der Waals surface area contributed by atoms with E-state index in [1.807, 2.05) is 0 Å². The third-order valence-corrected chi connectivity index (χ3v) is 7.20. The molecule has 3 rings (SSSR count). The first-order valence-corrected chi connectivity index (χ1v) is 11.6. The predicted octanol–water partition coefficient (Wildman–Crippen LogP) is 1.98. The first kappa shape index (κ1) is 20.3. The number of rotatable bonds is 8. The van der Waals surface area contributed by atoms with Crippen molar-refractivity contribution in [3.63, 3.8) is 0 Å². The molecule has 0 bridgehead atoms. The van der Waals surface area contributed by atoms with Gasteiger partial charge in [-0.3, -0.25) is 4.79 Å². The first-order valence-electron chi connectivity index (χ1n) is 10.1. The Balaban J connectivity index is 1.35. The summed E-state index contributed by atoms with van der Waals surface area (Å²) < 4.78 is 27.3. The van der Waals surface area contributed by atoms with Crippen molar-refractivity contribution in [1.82, 2.24) is 14.9 Å². The van der Waals surface area contributed by atoms with E-state index >= 15 is 0 Å². The van der Waals surface area contributed by atoms with E-state index in [-0.39, 0.29) is 11.8 Å². The van der Waals surface area contributed by atoms with Gasteiger partial charge in [-0.1, -0.05) is 18.2 Å². The van der Waals surface area contributed by atoms with Gasteiger partial charge in [0.05, 0.1) is 4.90 Å². The molecule has 1 aromatic carbocycles. The largest absolute Gasteiger partial charge is 0.355 e. The molecule has 0 atom stereocenters. The van der Waals surface area contributed by atoms with Gasteiger partial charge < -0.3 is 10.2 Å². The quantitative estimate of drug-likeness (QED) is 0.708. The third kappa shape index (κ3) is 6.02. The Labute approximate surface area is 162 Å². The van der Waals surface area contributed by atoms with Crippen LogP contribution in [0.5, 0.6) is 0 Å². The van der Waals surface area contributed by atoms with Gasteiger partial charge in [0.25, 0.3) is 0 Å². The van der Waals surface area contributed by atoms with Crippen LogP contribution in [0.15, 0.2) is 35.2 Å². The molecule has 0 spiro atoms. The van der Waals surface area contributed by atoms with Crippen molar-refractivity contribution >= 4 is 15.9 Å². The van der Waals surface area contributed by atoms with Crippen molar-refractivity contribution in [1.29, 1.82) is 0 Å². The molecule has 1 saturated heterocycles. The summed E-state index contributed by atoms with van der Waals surface area (Å²) in [7, 11) is -3.44. The van der Waals surface area contributed by atoms with Gasteiger partial charge in [-0.25, -0.2) is 13.1 Å². The van der Waals surface area contributed by atoms with E-state index in [1.54, 1.807) is 30.3 Å². The van der Waals surface area contributed by atoms with Crippen LogP contribution in [0.2, 0.25) is 0 Å². The molecule has 2 aliphatic rings. The summed E-state index contributed by atoms with van der Waals surface area (Å²) in [4.78, 5) is 15.0. The van der Waals surface area contributed by atoms with Crippen molar-refractivity contribution < 1.29 is 13.2 Å². The first-order chi connectivity index (χ1) is 13.0. The molecule has 0 aromatic heterocycles. The standard InChI is InChI=1S/C20H31N3O3S/c24-20(21-12-15-23-13-4-5-14-23)18-10-8-17(9-11-18)16-22-27(25,26)19-6-2-1-3-7-19/h1-3,6-7,17-18,22H,4-5,8-16H2,(H,21,24). The number of hydrogen-bond donors (Lipinski definition) is 2. The second kappa shape index (κ2) is 9.66. The van der Waals surface area contributed by atoms with Crippen LogP contribution in [0.25, 0.3) is 0 Å². The molecule has 1 aliphatic carbocycles. The average molecular weight is 394 g/mol. The number of sulfonamides is 1. The van der Waals surface area contributed by atoms with Gasteiger partial charge in [0.2, 0.25) is 15.9 Å². The molecule has 1 amide bonds. The van der Waals surface area contributed by atoms with Crippen LogP contribution in [-0.4, -0.2) is 51.9 Å². The summed E-state index contributed by atoms with van der Waals surface area (Å²) in [6.07, 6.45) is 6.00. The molecule has 1 saturated carbocycles. The number of carbonyl (C=O) groups is 1. The fourth-order valence-corrected chi connectivity index (χ4v) is 5.16. The van der Waals surface area contributed by atoms with Crippen LogP contribution >= 0.6 is 0 Å². The van der Waals surface area contributed by atoms with E-state index in [0.29, 0.717) is 17.4 Å². The Morgan fingerprint density at radius 3 is 2.37 bits per heavy atom. The highest BCUT2D eigenvalue weighted by Crippen LogP contribution is 2.28. The molecule has 1 aromatic rings. The maximum Gasteiger partial charge on any atom is 0.240 e. The second-order valence-corrected chi connectivity index (χ2v) is 9.49. The molecule has 0 unspecified atom stereocenters. The van der Waals surface area contributed by atoms with E-state index in [2.05, 4.69) is 14.9 Å². The van der Waals surface area contributed by atoms with Gasteiger partial charge in [-0.2, -0.15) is 0 Å². The summed E-state index contributed by atoms with van der Waals surface area (Å²) in [6.45, 7) is 4.43. The lowest BCUT2D eigenvalue weighted by Gasteiger charge is -2.28. The fraction of sp³-hybridized carbons (Fsp3) is 0.650. The van der Waals surface area contributed by atoms with Gasteiger partial charge in [-0.15, -0.1) is 0 Å². The predicted molar refractivity (Wildman–Crippen MR) is 106 cm³/mol. The van der Waals surface area contributed by atoms with E-state index in [1.165, 1.54) is 12.8 Å². The molecule has 2 N–H and O–H groups in total. The SMILES string of the molecule is O=C(NCCN1CCCC1)C1CCC(CNS(=O)(=O)c2ccccc2)CC1. The van der Waals surface area contributed by atoms with Crippen LogP contribution in [0.3, 0.4) is 0 Å². The van der Waals surface area contributed by atoms with Crippen LogP contribution < -0.4 is 10.0 Å². The Kier molecular flexibility index (Phi) is 7.26. The zero-order valence-corrected chi connectivity index (χ0v) is 16.7. The van der Waals surface area contributed by atoms with E-state index in [9.17, 15) is 13.2 Å². The number of likely N-dealkylation sites (tertiary alicyclic amines) is 1. The average Bonchev–Trinajstić information content (AvgIpc) is 3.21. The van der Waals surface area contributed by atoms with Crippen LogP contribution in [-0.2, 0) is 14.8 Å². The third-order valence-electron chi connectivity index (χ3n) is 5.76. The summed E-state index contributed by atoms with van der Waals surface area (Å²) >= 11 is 0. The van der Waals surface area contributed by atoms with Crippen molar-refractivity contribution in [2.75, 3.05) is 32.7 Å². The molecule has 150 valence electrons. The van der Waals surface area contributed by atoms with Crippen LogP contribution in [0.1, 0.15) is 38.5 Å². The minimum absolute atomic E-state index is 0.0746. The van der Waals surface area contributed by atoms with Gasteiger partial charge >= 0.3 is 0 Å². The lowest BCUT2D eigenvalue weighted by molar-refractivity contribution is -0.126. The number of benzene rings is 1. The fourth-order valence-electron chi connectivity index (χ4n) is 4.03. The number of nitrogens with zero attached hydrogens (tertiary/aromatic N) is 1. The van der Waals surface area contributed by atoms with Crippen molar-refractivity contribution in [2.45, 2.75) is 43.4 Å². The van der Waals surface area contributed by atoms with E-state index in [4.69, 9.17) is 0 Å². The van der Waals surface area contributed by atoms with Gasteiger partial charge in [0, 0.05) is 25.6 Å². The summed E-state index contributed by atoms with van der Waals surface area (Å²) in [5, 5.41) is 3.08. The normalized spacial score (nSPS) is 24.0. The van der Waals surface area contributed by atoms with Crippen LogP contribution in [0.4, 0.5) is 0 Å². The number of amides is 1. The van der Waals surface area contributed by atoms with Gasteiger partial charge in [-0.05, 0) is 69.7 Å². The number of carbonyl (C=O) groups excluding carboxylic acids is 1. The Morgan fingerprint density at radius 2 is 1.70 bits per heavy atom. The van der Waals surface area contributed by atoms with E-state index in [0.717, 1.165) is 51.9 Å². The highest BCUT2D eigenvalue weighted by atomic mass is 32.2. The Bertz CT molecular complexity index is 694.